The van der Waals surface area contributed by atoms with Crippen LogP contribution in [0.25, 0.3) is 0 Å². The molecule has 24 heavy (non-hydrogen) atoms. The van der Waals surface area contributed by atoms with Crippen LogP contribution in [0.4, 0.5) is 4.39 Å². The highest BCUT2D eigenvalue weighted by Crippen LogP contribution is 2.30. The fraction of sp³-hybridized carbons (Fsp3) is 0.529. The molecule has 1 aromatic rings. The Labute approximate surface area is 139 Å². The summed E-state index contributed by atoms with van der Waals surface area (Å²) in [6, 6.07) is 3.88. The predicted molar refractivity (Wildman–Crippen MR) is 83.7 cm³/mol. The van der Waals surface area contributed by atoms with Gasteiger partial charge in [-0.1, -0.05) is 6.07 Å². The number of nitrogens with zero attached hydrogens (tertiary/aromatic N) is 1. The fourth-order valence-corrected chi connectivity index (χ4v) is 3.33. The molecule has 0 radical (unpaired) electrons. The maximum absolute atomic E-state index is 13.3. The summed E-state index contributed by atoms with van der Waals surface area (Å²) in [7, 11) is 0. The van der Waals surface area contributed by atoms with Gasteiger partial charge in [0.25, 0.3) is 0 Å². The van der Waals surface area contributed by atoms with E-state index in [2.05, 4.69) is 0 Å². The number of amides is 2. The summed E-state index contributed by atoms with van der Waals surface area (Å²) in [5, 5.41) is 0. The molecule has 130 valence electrons. The topological polar surface area (TPSA) is 81.9 Å². The molecule has 0 bridgehead atoms. The molecule has 0 unspecified atom stereocenters. The number of aryl methyl sites for hydroxylation is 1. The summed E-state index contributed by atoms with van der Waals surface area (Å²) < 4.78 is 24.6. The molecular formula is C17H21FN2O4. The van der Waals surface area contributed by atoms with E-state index in [1.54, 1.807) is 4.90 Å². The van der Waals surface area contributed by atoms with Gasteiger partial charge in [0.2, 0.25) is 11.8 Å². The number of ether oxygens (including phenoxy) is 2. The summed E-state index contributed by atoms with van der Waals surface area (Å²) >= 11 is 0. The Morgan fingerprint density at radius 2 is 2.04 bits per heavy atom. The number of hydrogen-bond acceptors (Lipinski definition) is 4. The highest BCUT2D eigenvalue weighted by molar-refractivity contribution is 5.94. The zero-order valence-electron chi connectivity index (χ0n) is 13.4. The Morgan fingerprint density at radius 3 is 2.75 bits per heavy atom. The lowest BCUT2D eigenvalue weighted by atomic mass is 10.0. The molecule has 7 heteroatoms. The molecule has 2 aliphatic rings. The van der Waals surface area contributed by atoms with E-state index in [0.29, 0.717) is 38.3 Å². The minimum absolute atomic E-state index is 0.0343. The van der Waals surface area contributed by atoms with Crippen LogP contribution in [0.5, 0.6) is 0 Å². The van der Waals surface area contributed by atoms with Crippen LogP contribution < -0.4 is 5.73 Å². The van der Waals surface area contributed by atoms with Crippen molar-refractivity contribution < 1.29 is 23.5 Å². The number of nitrogens with two attached hydrogens (primary N) is 1. The maximum Gasteiger partial charge on any atom is 0.249 e. The van der Waals surface area contributed by atoms with Crippen LogP contribution in [0.2, 0.25) is 0 Å². The number of hydrogen-bond donors (Lipinski definition) is 1. The molecule has 1 aromatic carbocycles. The van der Waals surface area contributed by atoms with Crippen LogP contribution in [0.15, 0.2) is 18.2 Å². The van der Waals surface area contributed by atoms with Crippen molar-refractivity contribution in [3.05, 3.63) is 35.1 Å². The zero-order chi connectivity index (χ0) is 17.2. The zero-order valence-corrected chi connectivity index (χ0v) is 13.4. The normalized spacial score (nSPS) is 19.6. The lowest BCUT2D eigenvalue weighted by molar-refractivity contribution is -0.193. The van der Waals surface area contributed by atoms with Crippen molar-refractivity contribution in [3.63, 3.8) is 0 Å². The van der Waals surface area contributed by atoms with Gasteiger partial charge >= 0.3 is 0 Å². The Morgan fingerprint density at radius 1 is 1.29 bits per heavy atom. The van der Waals surface area contributed by atoms with Gasteiger partial charge in [-0.15, -0.1) is 0 Å². The summed E-state index contributed by atoms with van der Waals surface area (Å²) in [4.78, 5) is 25.6. The molecule has 6 nitrogen and oxygen atoms in total. The van der Waals surface area contributed by atoms with Crippen LogP contribution in [-0.2, 0) is 20.7 Å². The van der Waals surface area contributed by atoms with Crippen molar-refractivity contribution in [2.45, 2.75) is 31.5 Å². The molecule has 2 fully saturated rings. The average molecular weight is 336 g/mol. The largest absolute Gasteiger partial charge is 0.366 e. The number of primary amides is 1. The molecule has 0 aliphatic carbocycles. The number of rotatable bonds is 4. The molecule has 0 saturated carbocycles. The van der Waals surface area contributed by atoms with Crippen molar-refractivity contribution in [2.24, 2.45) is 5.73 Å². The molecule has 0 atom stereocenters. The van der Waals surface area contributed by atoms with Gasteiger partial charge in [-0.3, -0.25) is 9.59 Å². The number of halogens is 1. The van der Waals surface area contributed by atoms with Crippen molar-refractivity contribution in [1.82, 2.24) is 4.90 Å². The van der Waals surface area contributed by atoms with E-state index in [-0.39, 0.29) is 17.9 Å². The van der Waals surface area contributed by atoms with Crippen molar-refractivity contribution in [2.75, 3.05) is 26.3 Å². The molecule has 0 aromatic heterocycles. The van der Waals surface area contributed by atoms with E-state index in [1.807, 2.05) is 0 Å². The molecule has 2 amide bonds. The van der Waals surface area contributed by atoms with Crippen molar-refractivity contribution in [3.8, 4) is 0 Å². The van der Waals surface area contributed by atoms with E-state index in [1.165, 1.54) is 12.1 Å². The molecular weight excluding hydrogens is 315 g/mol. The SMILES string of the molecule is NC(=O)c1cc(F)ccc1CCC(=O)N1CCCC2(C1)OCCO2. The third kappa shape index (κ3) is 3.57. The third-order valence-corrected chi connectivity index (χ3v) is 4.53. The van der Waals surface area contributed by atoms with E-state index < -0.39 is 17.5 Å². The molecule has 2 N–H and O–H groups in total. The molecule has 2 aliphatic heterocycles. The van der Waals surface area contributed by atoms with Crippen molar-refractivity contribution in [1.29, 1.82) is 0 Å². The van der Waals surface area contributed by atoms with Gasteiger partial charge in [0.1, 0.15) is 5.82 Å². The highest BCUT2D eigenvalue weighted by atomic mass is 19.1. The number of carbonyl (C=O) groups is 2. The van der Waals surface area contributed by atoms with Gasteiger partial charge in [0.05, 0.1) is 19.8 Å². The monoisotopic (exact) mass is 336 g/mol. The quantitative estimate of drug-likeness (QED) is 0.896. The van der Waals surface area contributed by atoms with Gasteiger partial charge in [-0.2, -0.15) is 0 Å². The molecule has 1 spiro atoms. The Kier molecular flexibility index (Phi) is 4.82. The first-order valence-electron chi connectivity index (χ1n) is 8.13. The van der Waals surface area contributed by atoms with E-state index >= 15 is 0 Å². The molecule has 2 heterocycles. The van der Waals surface area contributed by atoms with Gasteiger partial charge in [0, 0.05) is 24.9 Å². The summed E-state index contributed by atoms with van der Waals surface area (Å²) in [6.07, 6.45) is 2.18. The van der Waals surface area contributed by atoms with Crippen LogP contribution >= 0.6 is 0 Å². The van der Waals surface area contributed by atoms with Gasteiger partial charge in [-0.05, 0) is 30.5 Å². The van der Waals surface area contributed by atoms with E-state index in [9.17, 15) is 14.0 Å². The van der Waals surface area contributed by atoms with Crippen LogP contribution in [0.1, 0.15) is 35.2 Å². The number of carbonyl (C=O) groups excluding carboxylic acids is 2. The van der Waals surface area contributed by atoms with E-state index in [4.69, 9.17) is 15.2 Å². The standard InChI is InChI=1S/C17H21FN2O4/c18-13-4-2-12(14(10-13)16(19)22)3-5-15(21)20-7-1-6-17(11-20)23-8-9-24-17/h2,4,10H,1,3,5-9,11H2,(H2,19,22). The average Bonchev–Trinajstić information content (AvgIpc) is 3.01. The lowest BCUT2D eigenvalue weighted by Gasteiger charge is -2.38. The van der Waals surface area contributed by atoms with Crippen molar-refractivity contribution >= 4 is 11.8 Å². The van der Waals surface area contributed by atoms with Crippen LogP contribution in [0.3, 0.4) is 0 Å². The first-order valence-corrected chi connectivity index (χ1v) is 8.13. The van der Waals surface area contributed by atoms with Crippen LogP contribution in [0, 0.1) is 5.82 Å². The second kappa shape index (κ2) is 6.86. The van der Waals surface area contributed by atoms with Crippen LogP contribution in [-0.4, -0.2) is 48.8 Å². The lowest BCUT2D eigenvalue weighted by Crippen LogP contribution is -2.51. The first kappa shape index (κ1) is 16.9. The third-order valence-electron chi connectivity index (χ3n) is 4.53. The van der Waals surface area contributed by atoms with Gasteiger partial charge < -0.3 is 20.1 Å². The highest BCUT2D eigenvalue weighted by Gasteiger charge is 2.41. The van der Waals surface area contributed by atoms with Gasteiger partial charge in [-0.25, -0.2) is 4.39 Å². The summed E-state index contributed by atoms with van der Waals surface area (Å²) in [6.45, 7) is 2.20. The second-order valence-corrected chi connectivity index (χ2v) is 6.19. The Balaban J connectivity index is 1.62. The minimum Gasteiger partial charge on any atom is -0.366 e. The molecule has 2 saturated heterocycles. The van der Waals surface area contributed by atoms with Gasteiger partial charge in [0.15, 0.2) is 5.79 Å². The number of likely N-dealkylation sites (tertiary alicyclic amines) is 1. The fourth-order valence-electron chi connectivity index (χ4n) is 3.33. The minimum atomic E-state index is -0.693. The first-order chi connectivity index (χ1) is 11.5. The predicted octanol–water partition coefficient (Wildman–Crippen LogP) is 1.22. The maximum atomic E-state index is 13.3. The number of piperidine rings is 1. The smallest absolute Gasteiger partial charge is 0.249 e. The molecule has 3 rings (SSSR count). The summed E-state index contributed by atoms with van der Waals surface area (Å²) in [5.41, 5.74) is 5.98. The Bertz CT molecular complexity index is 643. The van der Waals surface area contributed by atoms with E-state index in [0.717, 1.165) is 18.9 Å². The Hall–Kier alpha value is -1.99. The number of benzene rings is 1. The summed E-state index contributed by atoms with van der Waals surface area (Å²) in [5.74, 6) is -1.90. The second-order valence-electron chi connectivity index (χ2n) is 6.19.